The van der Waals surface area contributed by atoms with Gasteiger partial charge in [0, 0.05) is 25.5 Å². The SMILES string of the molecule is COCCS(=O)(=O)C(C(=O)NCC(=O)NC1CC1)c1nc2cc(-c3ccncc3)ccc2s1. The van der Waals surface area contributed by atoms with Gasteiger partial charge in [-0.2, -0.15) is 0 Å². The van der Waals surface area contributed by atoms with Crippen LogP contribution in [0.25, 0.3) is 21.3 Å². The second kappa shape index (κ2) is 9.94. The van der Waals surface area contributed by atoms with E-state index in [1.165, 1.54) is 7.11 Å². The van der Waals surface area contributed by atoms with E-state index in [1.54, 1.807) is 12.4 Å². The van der Waals surface area contributed by atoms with Crippen molar-refractivity contribution in [2.24, 2.45) is 0 Å². The molecule has 0 aliphatic heterocycles. The number of carbonyl (C=O) groups excluding carboxylic acids is 2. The Morgan fingerprint density at radius 2 is 1.94 bits per heavy atom. The van der Waals surface area contributed by atoms with E-state index in [9.17, 15) is 18.0 Å². The maximum absolute atomic E-state index is 13.0. The standard InChI is InChI=1S/C22H24N4O5S2/c1-31-10-11-33(29,30)20(21(28)24-13-19(27)25-16-3-4-16)22-26-17-12-15(2-5-18(17)32-22)14-6-8-23-9-7-14/h2,5-9,12,16,20H,3-4,10-11,13H2,1H3,(H,24,28)(H,25,27). The minimum atomic E-state index is -3.93. The molecule has 1 atom stereocenters. The van der Waals surface area contributed by atoms with Crippen LogP contribution in [0, 0.1) is 0 Å². The van der Waals surface area contributed by atoms with Crippen molar-refractivity contribution < 1.29 is 22.7 Å². The summed E-state index contributed by atoms with van der Waals surface area (Å²) < 4.78 is 31.8. The normalized spacial score (nSPS) is 14.7. The van der Waals surface area contributed by atoms with Crippen molar-refractivity contribution >= 4 is 43.2 Å². The highest BCUT2D eigenvalue weighted by molar-refractivity contribution is 7.92. The molecule has 9 nitrogen and oxygen atoms in total. The maximum Gasteiger partial charge on any atom is 0.245 e. The van der Waals surface area contributed by atoms with Crippen LogP contribution in [-0.4, -0.2) is 62.3 Å². The van der Waals surface area contributed by atoms with Crippen molar-refractivity contribution in [3.05, 3.63) is 47.7 Å². The van der Waals surface area contributed by atoms with Gasteiger partial charge in [-0.3, -0.25) is 14.6 Å². The molecule has 0 bridgehead atoms. The number of amides is 2. The summed E-state index contributed by atoms with van der Waals surface area (Å²) in [5.41, 5.74) is 2.45. The molecule has 4 rings (SSSR count). The number of fused-ring (bicyclic) bond motifs is 1. The van der Waals surface area contributed by atoms with Gasteiger partial charge in [-0.25, -0.2) is 13.4 Å². The minimum absolute atomic E-state index is 0.0502. The average Bonchev–Trinajstić information content (AvgIpc) is 3.52. The average molecular weight is 489 g/mol. The Morgan fingerprint density at radius 3 is 2.64 bits per heavy atom. The zero-order chi connectivity index (χ0) is 23.4. The summed E-state index contributed by atoms with van der Waals surface area (Å²) in [6, 6.07) is 9.50. The van der Waals surface area contributed by atoms with Crippen molar-refractivity contribution in [2.45, 2.75) is 24.1 Å². The number of carbonyl (C=O) groups is 2. The summed E-state index contributed by atoms with van der Waals surface area (Å²) >= 11 is 1.15. The molecule has 0 spiro atoms. The monoisotopic (exact) mass is 488 g/mol. The largest absolute Gasteiger partial charge is 0.384 e. The van der Waals surface area contributed by atoms with Crippen LogP contribution < -0.4 is 10.6 Å². The van der Waals surface area contributed by atoms with Gasteiger partial charge in [-0.15, -0.1) is 11.3 Å². The van der Waals surface area contributed by atoms with E-state index in [2.05, 4.69) is 20.6 Å². The van der Waals surface area contributed by atoms with E-state index >= 15 is 0 Å². The van der Waals surface area contributed by atoms with Crippen LogP contribution in [-0.2, 0) is 24.2 Å². The molecule has 2 aromatic heterocycles. The summed E-state index contributed by atoms with van der Waals surface area (Å²) in [6.07, 6.45) is 5.21. The lowest BCUT2D eigenvalue weighted by atomic mass is 10.1. The molecule has 1 aromatic carbocycles. The fourth-order valence-corrected chi connectivity index (χ4v) is 6.21. The Kier molecular flexibility index (Phi) is 7.01. The predicted molar refractivity (Wildman–Crippen MR) is 125 cm³/mol. The number of aromatic nitrogens is 2. The first-order valence-electron chi connectivity index (χ1n) is 10.5. The molecule has 33 heavy (non-hydrogen) atoms. The highest BCUT2D eigenvalue weighted by Gasteiger charge is 2.37. The molecule has 1 unspecified atom stereocenters. The van der Waals surface area contributed by atoms with E-state index in [1.807, 2.05) is 30.3 Å². The van der Waals surface area contributed by atoms with Gasteiger partial charge in [0.2, 0.25) is 11.8 Å². The van der Waals surface area contributed by atoms with Gasteiger partial charge < -0.3 is 15.4 Å². The molecule has 2 N–H and O–H groups in total. The predicted octanol–water partition coefficient (Wildman–Crippen LogP) is 1.86. The molecule has 1 fully saturated rings. The highest BCUT2D eigenvalue weighted by Crippen LogP contribution is 2.33. The Bertz CT molecular complexity index is 1260. The number of benzene rings is 1. The lowest BCUT2D eigenvalue weighted by molar-refractivity contribution is -0.126. The van der Waals surface area contributed by atoms with Gasteiger partial charge in [0.05, 0.1) is 29.1 Å². The number of ether oxygens (including phenoxy) is 1. The van der Waals surface area contributed by atoms with E-state index in [0.717, 1.165) is 40.0 Å². The molecule has 2 heterocycles. The number of hydrogen-bond donors (Lipinski definition) is 2. The van der Waals surface area contributed by atoms with Crippen LogP contribution >= 0.6 is 11.3 Å². The second-order valence-corrected chi connectivity index (χ2v) is 11.0. The fourth-order valence-electron chi connectivity index (χ4n) is 3.29. The molecule has 0 saturated heterocycles. The fraction of sp³-hybridized carbons (Fsp3) is 0.364. The van der Waals surface area contributed by atoms with Crippen molar-refractivity contribution in [3.8, 4) is 11.1 Å². The third-order valence-corrected chi connectivity index (χ3v) is 8.32. The molecule has 1 aliphatic rings. The summed E-state index contributed by atoms with van der Waals surface area (Å²) in [5, 5.41) is 3.87. The summed E-state index contributed by atoms with van der Waals surface area (Å²) in [4.78, 5) is 33.5. The van der Waals surface area contributed by atoms with Gasteiger partial charge in [0.1, 0.15) is 5.01 Å². The van der Waals surface area contributed by atoms with Crippen LogP contribution in [0.15, 0.2) is 42.7 Å². The van der Waals surface area contributed by atoms with Gasteiger partial charge in [0.15, 0.2) is 15.1 Å². The number of pyridine rings is 1. The molecule has 1 saturated carbocycles. The molecule has 174 valence electrons. The van der Waals surface area contributed by atoms with E-state index in [-0.39, 0.29) is 35.9 Å². The van der Waals surface area contributed by atoms with Crippen molar-refractivity contribution in [1.29, 1.82) is 0 Å². The summed E-state index contributed by atoms with van der Waals surface area (Å²) in [6.45, 7) is -0.339. The minimum Gasteiger partial charge on any atom is -0.384 e. The summed E-state index contributed by atoms with van der Waals surface area (Å²) in [5.74, 6) is -1.45. The Hall–Kier alpha value is -2.89. The van der Waals surface area contributed by atoms with Crippen LogP contribution in [0.5, 0.6) is 0 Å². The smallest absolute Gasteiger partial charge is 0.245 e. The molecule has 2 amide bonds. The first-order valence-corrected chi connectivity index (χ1v) is 13.0. The molecule has 0 radical (unpaired) electrons. The molecular formula is C22H24N4O5S2. The zero-order valence-corrected chi connectivity index (χ0v) is 19.6. The van der Waals surface area contributed by atoms with Crippen molar-refractivity contribution in [2.75, 3.05) is 26.0 Å². The molecule has 11 heteroatoms. The lowest BCUT2D eigenvalue weighted by Gasteiger charge is -2.15. The van der Waals surface area contributed by atoms with Gasteiger partial charge >= 0.3 is 0 Å². The third-order valence-electron chi connectivity index (χ3n) is 5.18. The molecular weight excluding hydrogens is 464 g/mol. The first-order chi connectivity index (χ1) is 15.9. The van der Waals surface area contributed by atoms with Gasteiger partial charge in [-0.05, 0) is 48.2 Å². The molecule has 1 aliphatic carbocycles. The van der Waals surface area contributed by atoms with Crippen LogP contribution in [0.4, 0.5) is 0 Å². The maximum atomic E-state index is 13.0. The van der Waals surface area contributed by atoms with Crippen molar-refractivity contribution in [3.63, 3.8) is 0 Å². The number of methoxy groups -OCH3 is 1. The number of nitrogens with zero attached hydrogens (tertiary/aromatic N) is 2. The van der Waals surface area contributed by atoms with Gasteiger partial charge in [-0.1, -0.05) is 6.07 Å². The number of thiazole rings is 1. The second-order valence-electron chi connectivity index (χ2n) is 7.77. The lowest BCUT2D eigenvalue weighted by Crippen LogP contribution is -2.41. The van der Waals surface area contributed by atoms with Crippen molar-refractivity contribution in [1.82, 2.24) is 20.6 Å². The Morgan fingerprint density at radius 1 is 1.18 bits per heavy atom. The highest BCUT2D eigenvalue weighted by atomic mass is 32.2. The van der Waals surface area contributed by atoms with Gasteiger partial charge in [0.25, 0.3) is 0 Å². The van der Waals surface area contributed by atoms with Crippen LogP contribution in [0.1, 0.15) is 23.1 Å². The van der Waals surface area contributed by atoms with E-state index < -0.39 is 21.0 Å². The number of sulfone groups is 1. The van der Waals surface area contributed by atoms with E-state index in [4.69, 9.17) is 4.74 Å². The molecule has 3 aromatic rings. The third kappa shape index (κ3) is 5.73. The quantitative estimate of drug-likeness (QED) is 0.446. The Labute approximate surface area is 195 Å². The first kappa shape index (κ1) is 23.3. The topological polar surface area (TPSA) is 127 Å². The van der Waals surface area contributed by atoms with E-state index in [0.29, 0.717) is 5.52 Å². The zero-order valence-electron chi connectivity index (χ0n) is 18.0. The summed E-state index contributed by atoms with van der Waals surface area (Å²) in [7, 11) is -2.54. The number of nitrogens with one attached hydrogen (secondary N) is 2. The Balaban J connectivity index is 1.62. The number of rotatable bonds is 10. The van der Waals surface area contributed by atoms with Crippen LogP contribution in [0.3, 0.4) is 0 Å². The number of hydrogen-bond acceptors (Lipinski definition) is 8. The van der Waals surface area contributed by atoms with Crippen LogP contribution in [0.2, 0.25) is 0 Å².